The van der Waals surface area contributed by atoms with Crippen molar-refractivity contribution in [2.75, 3.05) is 11.9 Å². The van der Waals surface area contributed by atoms with Crippen molar-refractivity contribution in [3.63, 3.8) is 0 Å². The van der Waals surface area contributed by atoms with Gasteiger partial charge in [-0.05, 0) is 31.6 Å². The molecule has 0 bridgehead atoms. The molecule has 1 aromatic rings. The van der Waals surface area contributed by atoms with Crippen molar-refractivity contribution in [3.8, 4) is 0 Å². The van der Waals surface area contributed by atoms with E-state index >= 15 is 0 Å². The lowest BCUT2D eigenvalue weighted by molar-refractivity contribution is 0.00220. The van der Waals surface area contributed by atoms with Crippen molar-refractivity contribution in [1.29, 1.82) is 0 Å². The number of aliphatic hydroxyl groups is 1. The molecule has 0 saturated heterocycles. The maximum atomic E-state index is 11.4. The third kappa shape index (κ3) is 3.44. The van der Waals surface area contributed by atoms with Gasteiger partial charge in [0.15, 0.2) is 0 Å². The molecule has 1 aliphatic carbocycles. The second kappa shape index (κ2) is 5.56. The Morgan fingerprint density at radius 2 is 2.11 bits per heavy atom. The summed E-state index contributed by atoms with van der Waals surface area (Å²) < 4.78 is 0. The molecule has 0 spiro atoms. The van der Waals surface area contributed by atoms with Gasteiger partial charge in [0.1, 0.15) is 0 Å². The van der Waals surface area contributed by atoms with E-state index in [2.05, 4.69) is 27.4 Å². The fourth-order valence-corrected chi connectivity index (χ4v) is 2.52. The van der Waals surface area contributed by atoms with E-state index in [4.69, 9.17) is 0 Å². The van der Waals surface area contributed by atoms with E-state index in [9.17, 15) is 14.7 Å². The molecule has 0 aromatic carbocycles. The van der Waals surface area contributed by atoms with Crippen LogP contribution in [0, 0.1) is 5.92 Å². The average Bonchev–Trinajstić information content (AvgIpc) is 2.39. The normalized spacial score (nSPS) is 27.2. The predicted octanol–water partition coefficient (Wildman–Crippen LogP) is 0.201. The number of hydrogen-bond acceptors (Lipinski definition) is 5. The first kappa shape index (κ1) is 13.8. The number of aromatic nitrogens is 3. The second-order valence-corrected chi connectivity index (χ2v) is 5.28. The molecule has 19 heavy (non-hydrogen) atoms. The molecule has 4 N–H and O–H groups in total. The maximum Gasteiger partial charge on any atom is 0.342 e. The molecule has 1 saturated carbocycles. The summed E-state index contributed by atoms with van der Waals surface area (Å²) in [7, 11) is 0. The van der Waals surface area contributed by atoms with Crippen LogP contribution in [0.5, 0.6) is 0 Å². The van der Waals surface area contributed by atoms with Crippen LogP contribution in [0.25, 0.3) is 0 Å². The number of nitrogens with one attached hydrogen (secondary N) is 3. The minimum atomic E-state index is -0.796. The number of rotatable bonds is 4. The number of aromatic amines is 2. The molecule has 1 heterocycles. The van der Waals surface area contributed by atoms with Gasteiger partial charge < -0.3 is 10.4 Å². The molecule has 1 fully saturated rings. The highest BCUT2D eigenvalue weighted by atomic mass is 16.3. The lowest BCUT2D eigenvalue weighted by Crippen LogP contribution is -2.42. The summed E-state index contributed by atoms with van der Waals surface area (Å²) in [6.07, 6.45) is 4.60. The summed E-state index contributed by atoms with van der Waals surface area (Å²) >= 11 is 0. The van der Waals surface area contributed by atoms with Crippen LogP contribution in [-0.4, -0.2) is 32.4 Å². The molecule has 0 atom stereocenters. The molecule has 2 rings (SSSR count). The van der Waals surface area contributed by atoms with Gasteiger partial charge in [-0.2, -0.15) is 0 Å². The smallest absolute Gasteiger partial charge is 0.342 e. The van der Waals surface area contributed by atoms with E-state index in [-0.39, 0.29) is 12.4 Å². The summed E-state index contributed by atoms with van der Waals surface area (Å²) in [5.41, 5.74) is -2.01. The van der Waals surface area contributed by atoms with Gasteiger partial charge in [-0.1, -0.05) is 13.3 Å². The van der Waals surface area contributed by atoms with E-state index in [0.717, 1.165) is 32.1 Å². The summed E-state index contributed by atoms with van der Waals surface area (Å²) in [6, 6.07) is 0. The van der Waals surface area contributed by atoms with Gasteiger partial charge in [-0.25, -0.2) is 9.89 Å². The molecular formula is C12H20N4O3. The zero-order valence-corrected chi connectivity index (χ0v) is 11.0. The van der Waals surface area contributed by atoms with Crippen molar-refractivity contribution in [2.45, 2.75) is 44.6 Å². The average molecular weight is 268 g/mol. The van der Waals surface area contributed by atoms with Crippen molar-refractivity contribution >= 4 is 5.82 Å². The molecular weight excluding hydrogens is 248 g/mol. The first-order chi connectivity index (χ1) is 9.02. The molecule has 1 aliphatic rings. The monoisotopic (exact) mass is 268 g/mol. The Bertz CT molecular complexity index is 528. The number of anilines is 1. The Labute approximate surface area is 110 Å². The van der Waals surface area contributed by atoms with Crippen LogP contribution < -0.4 is 16.6 Å². The quantitative estimate of drug-likeness (QED) is 0.623. The van der Waals surface area contributed by atoms with Crippen molar-refractivity contribution in [1.82, 2.24) is 15.2 Å². The SMILES string of the molecule is CCC1CCC(O)(CNc2n[nH]c(=O)[nH]c2=O)CC1. The molecule has 0 radical (unpaired) electrons. The zero-order chi connectivity index (χ0) is 13.9. The standard InChI is InChI=1S/C12H20N4O3/c1-2-8-3-5-12(19,6-4-8)7-13-9-10(17)14-11(18)16-15-9/h8,19H,2-7H2,1H3,(H,13,15)(H2,14,16,17,18). The Morgan fingerprint density at radius 3 is 2.68 bits per heavy atom. The summed E-state index contributed by atoms with van der Waals surface area (Å²) in [4.78, 5) is 24.3. The molecule has 0 aliphatic heterocycles. The minimum Gasteiger partial charge on any atom is -0.388 e. The molecule has 0 unspecified atom stereocenters. The van der Waals surface area contributed by atoms with Crippen molar-refractivity contribution < 1.29 is 5.11 Å². The van der Waals surface area contributed by atoms with Crippen LogP contribution in [0.15, 0.2) is 9.59 Å². The fraction of sp³-hybridized carbons (Fsp3) is 0.750. The highest BCUT2D eigenvalue weighted by Gasteiger charge is 2.32. The van der Waals surface area contributed by atoms with E-state index in [1.807, 2.05) is 0 Å². The third-order valence-corrected chi connectivity index (χ3v) is 3.91. The van der Waals surface area contributed by atoms with E-state index in [1.165, 1.54) is 0 Å². The van der Waals surface area contributed by atoms with E-state index in [1.54, 1.807) is 0 Å². The molecule has 7 nitrogen and oxygen atoms in total. The van der Waals surface area contributed by atoms with Gasteiger partial charge in [0, 0.05) is 6.54 Å². The first-order valence-corrected chi connectivity index (χ1v) is 6.68. The van der Waals surface area contributed by atoms with Crippen LogP contribution in [0.4, 0.5) is 5.82 Å². The number of H-pyrrole nitrogens is 2. The second-order valence-electron chi connectivity index (χ2n) is 5.28. The Morgan fingerprint density at radius 1 is 1.42 bits per heavy atom. The highest BCUT2D eigenvalue weighted by molar-refractivity contribution is 5.29. The van der Waals surface area contributed by atoms with Crippen molar-refractivity contribution in [3.05, 3.63) is 20.8 Å². The largest absolute Gasteiger partial charge is 0.388 e. The van der Waals surface area contributed by atoms with Crippen LogP contribution in [0.2, 0.25) is 0 Å². The van der Waals surface area contributed by atoms with Gasteiger partial charge in [-0.15, -0.1) is 5.10 Å². The zero-order valence-electron chi connectivity index (χ0n) is 11.0. The van der Waals surface area contributed by atoms with Crippen LogP contribution in [0.3, 0.4) is 0 Å². The number of hydrogen-bond donors (Lipinski definition) is 4. The van der Waals surface area contributed by atoms with E-state index in [0.29, 0.717) is 5.92 Å². The van der Waals surface area contributed by atoms with Gasteiger partial charge >= 0.3 is 5.69 Å². The maximum absolute atomic E-state index is 11.4. The molecule has 7 heteroatoms. The number of nitrogens with zero attached hydrogens (tertiary/aromatic N) is 1. The Kier molecular flexibility index (Phi) is 4.04. The lowest BCUT2D eigenvalue weighted by Gasteiger charge is -2.35. The molecule has 106 valence electrons. The minimum absolute atomic E-state index is 0.0330. The topological polar surface area (TPSA) is 111 Å². The summed E-state index contributed by atoms with van der Waals surface area (Å²) in [6.45, 7) is 2.43. The molecule has 0 amide bonds. The van der Waals surface area contributed by atoms with Gasteiger partial charge in [0.25, 0.3) is 5.56 Å². The third-order valence-electron chi connectivity index (χ3n) is 3.91. The predicted molar refractivity (Wildman–Crippen MR) is 71.2 cm³/mol. The van der Waals surface area contributed by atoms with Crippen LogP contribution >= 0.6 is 0 Å². The van der Waals surface area contributed by atoms with Gasteiger partial charge in [-0.3, -0.25) is 9.78 Å². The summed E-state index contributed by atoms with van der Waals surface area (Å²) in [5, 5.41) is 19.0. The Hall–Kier alpha value is -1.63. The highest BCUT2D eigenvalue weighted by Crippen LogP contribution is 2.33. The lowest BCUT2D eigenvalue weighted by atomic mass is 9.78. The van der Waals surface area contributed by atoms with E-state index < -0.39 is 16.9 Å². The first-order valence-electron chi connectivity index (χ1n) is 6.68. The van der Waals surface area contributed by atoms with Crippen molar-refractivity contribution in [2.24, 2.45) is 5.92 Å². The fourth-order valence-electron chi connectivity index (χ4n) is 2.52. The van der Waals surface area contributed by atoms with Gasteiger partial charge in [0.05, 0.1) is 5.60 Å². The van der Waals surface area contributed by atoms with Crippen LogP contribution in [-0.2, 0) is 0 Å². The van der Waals surface area contributed by atoms with Crippen LogP contribution in [0.1, 0.15) is 39.0 Å². The molecule has 1 aromatic heterocycles. The summed E-state index contributed by atoms with van der Waals surface area (Å²) in [5.74, 6) is 0.723. The Balaban J connectivity index is 1.95. The van der Waals surface area contributed by atoms with Gasteiger partial charge in [0.2, 0.25) is 5.82 Å².